The molecule has 154 valence electrons. The summed E-state index contributed by atoms with van der Waals surface area (Å²) in [7, 11) is 0. The molecular formula is C20H21F4N5. The molecule has 3 fully saturated rings. The van der Waals surface area contributed by atoms with Gasteiger partial charge in [0.25, 0.3) is 0 Å². The molecule has 2 aromatic rings. The Hall–Kier alpha value is -2.16. The molecule has 0 amide bonds. The number of hydrogen-bond acceptors (Lipinski definition) is 4. The van der Waals surface area contributed by atoms with Crippen LogP contribution in [0.15, 0.2) is 18.2 Å². The van der Waals surface area contributed by atoms with Crippen LogP contribution in [0, 0.1) is 11.7 Å². The first-order valence-corrected chi connectivity index (χ1v) is 10.2. The number of nitrogens with zero attached hydrogens (tertiary/aromatic N) is 4. The van der Waals surface area contributed by atoms with Crippen molar-refractivity contribution in [3.05, 3.63) is 41.0 Å². The highest BCUT2D eigenvalue weighted by Crippen LogP contribution is 2.58. The maximum atomic E-state index is 14.6. The maximum absolute atomic E-state index is 14.6. The second-order valence-corrected chi connectivity index (χ2v) is 8.77. The molecule has 2 bridgehead atoms. The fraction of sp³-hybridized carbons (Fsp3) is 0.600. The lowest BCUT2D eigenvalue weighted by Gasteiger charge is -2.23. The Kier molecular flexibility index (Phi) is 3.48. The number of halogens is 4. The van der Waals surface area contributed by atoms with E-state index in [0.29, 0.717) is 42.8 Å². The monoisotopic (exact) mass is 407 g/mol. The van der Waals surface area contributed by atoms with Crippen LogP contribution in [0.1, 0.15) is 48.6 Å². The van der Waals surface area contributed by atoms with Gasteiger partial charge in [0.1, 0.15) is 11.6 Å². The predicted octanol–water partition coefficient (Wildman–Crippen LogP) is 3.30. The summed E-state index contributed by atoms with van der Waals surface area (Å²) in [6.07, 6.45) is -0.753. The Morgan fingerprint density at radius 3 is 2.83 bits per heavy atom. The molecule has 4 atom stereocenters. The van der Waals surface area contributed by atoms with E-state index in [2.05, 4.69) is 10.2 Å². The zero-order chi connectivity index (χ0) is 20.0. The van der Waals surface area contributed by atoms with Gasteiger partial charge in [0.05, 0.1) is 17.1 Å². The van der Waals surface area contributed by atoms with E-state index in [-0.39, 0.29) is 17.0 Å². The van der Waals surface area contributed by atoms with E-state index in [0.717, 1.165) is 32.0 Å². The van der Waals surface area contributed by atoms with Crippen LogP contribution in [-0.2, 0) is 12.7 Å². The van der Waals surface area contributed by atoms with Crippen LogP contribution in [0.5, 0.6) is 0 Å². The molecule has 3 aliphatic heterocycles. The fourth-order valence-corrected chi connectivity index (χ4v) is 5.92. The minimum Gasteiger partial charge on any atom is -0.325 e. The molecule has 6 rings (SSSR count). The largest absolute Gasteiger partial charge is 0.416 e. The van der Waals surface area contributed by atoms with Crippen molar-refractivity contribution < 1.29 is 17.6 Å². The number of fused-ring (bicyclic) bond motifs is 1. The molecule has 1 aliphatic carbocycles. The highest BCUT2D eigenvalue weighted by molar-refractivity contribution is 5.57. The standard InChI is InChI=1S/C20H21F4N5/c21-15-8-12(20(22,23)24)3-4-13(15)14-2-1-7-28-17(14)26-18(27-28)29-16-11-5-6-19(16,29)10-25-9-11/h3-4,8,11,14,16,25H,1-2,5-7,9-10H2/t11-,14?,16-,19-,29?/m0/s1. The quantitative estimate of drug-likeness (QED) is 0.613. The maximum Gasteiger partial charge on any atom is 0.416 e. The summed E-state index contributed by atoms with van der Waals surface area (Å²) < 4.78 is 55.1. The van der Waals surface area contributed by atoms with Crippen LogP contribution in [0.2, 0.25) is 0 Å². The van der Waals surface area contributed by atoms with Crippen molar-refractivity contribution in [3.8, 4) is 0 Å². The van der Waals surface area contributed by atoms with E-state index in [4.69, 9.17) is 10.1 Å². The SMILES string of the molecule is Fc1cc(C(F)(F)F)ccc1C1CCCn2nc(N3[C@H]4[C@H]5CC[C@]43CNC5)nc21. The summed E-state index contributed by atoms with van der Waals surface area (Å²) in [5, 5.41) is 8.22. The molecule has 1 aromatic carbocycles. The van der Waals surface area contributed by atoms with Gasteiger partial charge in [-0.3, -0.25) is 0 Å². The van der Waals surface area contributed by atoms with Crippen molar-refractivity contribution in [2.24, 2.45) is 5.92 Å². The second kappa shape index (κ2) is 5.71. The van der Waals surface area contributed by atoms with Crippen LogP contribution in [0.3, 0.4) is 0 Å². The van der Waals surface area contributed by atoms with E-state index >= 15 is 0 Å². The summed E-state index contributed by atoms with van der Waals surface area (Å²) in [5.41, 5.74) is -0.579. The normalized spacial score (nSPS) is 32.8. The van der Waals surface area contributed by atoms with Gasteiger partial charge >= 0.3 is 6.18 Å². The van der Waals surface area contributed by atoms with Gasteiger partial charge in [-0.25, -0.2) is 9.07 Å². The zero-order valence-corrected chi connectivity index (χ0v) is 15.7. The van der Waals surface area contributed by atoms with E-state index in [1.54, 1.807) is 0 Å². The van der Waals surface area contributed by atoms with Crippen molar-refractivity contribution in [1.82, 2.24) is 20.1 Å². The Labute approximate surface area is 165 Å². The van der Waals surface area contributed by atoms with E-state index in [1.165, 1.54) is 12.5 Å². The third-order valence-corrected chi connectivity index (χ3v) is 7.26. The summed E-state index contributed by atoms with van der Waals surface area (Å²) in [5.74, 6) is 0.769. The lowest BCUT2D eigenvalue weighted by atomic mass is 9.90. The molecule has 0 spiro atoms. The topological polar surface area (TPSA) is 45.8 Å². The number of alkyl halides is 3. The molecule has 29 heavy (non-hydrogen) atoms. The summed E-state index contributed by atoms with van der Waals surface area (Å²) >= 11 is 0. The minimum atomic E-state index is -4.55. The summed E-state index contributed by atoms with van der Waals surface area (Å²) in [6, 6.07) is 3.29. The average Bonchev–Trinajstić information content (AvgIpc) is 3.08. The Bertz CT molecular complexity index is 980. The smallest absolute Gasteiger partial charge is 0.325 e. The van der Waals surface area contributed by atoms with E-state index < -0.39 is 17.6 Å². The molecule has 9 heteroatoms. The fourth-order valence-electron chi connectivity index (χ4n) is 5.92. The van der Waals surface area contributed by atoms with Gasteiger partial charge in [-0.05, 0) is 49.3 Å². The molecule has 0 radical (unpaired) electrons. The number of aromatic nitrogens is 3. The first kappa shape index (κ1) is 17.7. The van der Waals surface area contributed by atoms with Gasteiger partial charge in [0, 0.05) is 25.6 Å². The van der Waals surface area contributed by atoms with Crippen molar-refractivity contribution in [3.63, 3.8) is 0 Å². The number of rotatable bonds is 2. The molecule has 4 aliphatic rings. The van der Waals surface area contributed by atoms with E-state index in [9.17, 15) is 17.6 Å². The van der Waals surface area contributed by atoms with Gasteiger partial charge in [0.15, 0.2) is 0 Å². The van der Waals surface area contributed by atoms with E-state index in [1.807, 2.05) is 4.68 Å². The van der Waals surface area contributed by atoms with Crippen molar-refractivity contribution in [2.75, 3.05) is 18.0 Å². The third kappa shape index (κ3) is 2.42. The Morgan fingerprint density at radius 2 is 2.07 bits per heavy atom. The summed E-state index contributed by atoms with van der Waals surface area (Å²) in [4.78, 5) is 7.09. The summed E-state index contributed by atoms with van der Waals surface area (Å²) in [6.45, 7) is 2.67. The Morgan fingerprint density at radius 1 is 1.21 bits per heavy atom. The molecule has 4 heterocycles. The Balaban J connectivity index is 1.34. The number of hydrogen-bond donors (Lipinski definition) is 1. The number of aryl methyl sites for hydroxylation is 1. The zero-order valence-electron chi connectivity index (χ0n) is 15.7. The van der Waals surface area contributed by atoms with Crippen LogP contribution in [0.25, 0.3) is 0 Å². The molecule has 1 aromatic heterocycles. The molecule has 1 N–H and O–H groups in total. The van der Waals surface area contributed by atoms with Crippen molar-refractivity contribution in [2.45, 2.75) is 55.9 Å². The van der Waals surface area contributed by atoms with Crippen LogP contribution in [-0.4, -0.2) is 39.4 Å². The van der Waals surface area contributed by atoms with Gasteiger partial charge in [-0.15, -0.1) is 5.10 Å². The number of piperidine rings is 2. The minimum absolute atomic E-state index is 0.121. The van der Waals surface area contributed by atoms with Crippen LogP contribution in [0.4, 0.5) is 23.5 Å². The predicted molar refractivity (Wildman–Crippen MR) is 97.1 cm³/mol. The van der Waals surface area contributed by atoms with Crippen LogP contribution >= 0.6 is 0 Å². The van der Waals surface area contributed by atoms with Gasteiger partial charge < -0.3 is 10.2 Å². The third-order valence-electron chi connectivity index (χ3n) is 7.26. The number of nitrogens with one attached hydrogen (secondary N) is 1. The van der Waals surface area contributed by atoms with Gasteiger partial charge in [0.2, 0.25) is 5.95 Å². The highest BCUT2D eigenvalue weighted by Gasteiger charge is 2.71. The van der Waals surface area contributed by atoms with Crippen molar-refractivity contribution in [1.29, 1.82) is 0 Å². The lowest BCUT2D eigenvalue weighted by Crippen LogP contribution is -2.37. The molecule has 2 saturated heterocycles. The molecule has 1 unspecified atom stereocenters. The lowest BCUT2D eigenvalue weighted by molar-refractivity contribution is -0.137. The number of anilines is 1. The first-order chi connectivity index (χ1) is 13.9. The molecule has 1 saturated carbocycles. The second-order valence-electron chi connectivity index (χ2n) is 8.77. The highest BCUT2D eigenvalue weighted by atomic mass is 19.4. The molecular weight excluding hydrogens is 386 g/mol. The average molecular weight is 407 g/mol. The van der Waals surface area contributed by atoms with Gasteiger partial charge in [-0.2, -0.15) is 18.2 Å². The van der Waals surface area contributed by atoms with Crippen LogP contribution < -0.4 is 10.2 Å². The number of benzene rings is 1. The first-order valence-electron chi connectivity index (χ1n) is 10.2. The van der Waals surface area contributed by atoms with Crippen molar-refractivity contribution >= 4 is 5.95 Å². The molecule has 5 nitrogen and oxygen atoms in total. The van der Waals surface area contributed by atoms with Gasteiger partial charge in [-0.1, -0.05) is 6.07 Å².